The minimum atomic E-state index is -0.560. The van der Waals surface area contributed by atoms with Gasteiger partial charge in [-0.3, -0.25) is 10.1 Å². The number of anilines is 2. The van der Waals surface area contributed by atoms with Crippen molar-refractivity contribution in [3.63, 3.8) is 0 Å². The van der Waals surface area contributed by atoms with Crippen LogP contribution in [0.4, 0.5) is 16.2 Å². The van der Waals surface area contributed by atoms with Crippen molar-refractivity contribution in [3.8, 4) is 6.07 Å². The van der Waals surface area contributed by atoms with Gasteiger partial charge in [-0.25, -0.2) is 4.79 Å². The molecule has 0 unspecified atom stereocenters. The maximum absolute atomic E-state index is 11.5. The Bertz CT molecular complexity index is 524. The molecule has 106 valence electrons. The number of nitriles is 1. The quantitative estimate of drug-likeness (QED) is 0.887. The van der Waals surface area contributed by atoms with Gasteiger partial charge in [-0.15, -0.1) is 0 Å². The van der Waals surface area contributed by atoms with Gasteiger partial charge in [-0.05, 0) is 45.0 Å². The summed E-state index contributed by atoms with van der Waals surface area (Å²) in [6, 6.07) is 8.28. The molecular weight excluding hydrogens is 258 g/mol. The van der Waals surface area contributed by atoms with Gasteiger partial charge in [0.25, 0.3) is 0 Å². The number of carbonyl (C=O) groups is 2. The second-order valence-electron chi connectivity index (χ2n) is 5.09. The number of hydrogen-bond donors (Lipinski definition) is 2. The zero-order valence-corrected chi connectivity index (χ0v) is 11.7. The molecule has 0 aliphatic heterocycles. The number of benzene rings is 1. The van der Waals surface area contributed by atoms with Crippen molar-refractivity contribution in [2.24, 2.45) is 0 Å². The lowest BCUT2D eigenvalue weighted by molar-refractivity contribution is -0.115. The molecule has 1 aromatic rings. The second-order valence-corrected chi connectivity index (χ2v) is 5.09. The smallest absolute Gasteiger partial charge is 0.412 e. The predicted molar refractivity (Wildman–Crippen MR) is 75.2 cm³/mol. The lowest BCUT2D eigenvalue weighted by Gasteiger charge is -2.19. The van der Waals surface area contributed by atoms with Crippen molar-refractivity contribution in [2.75, 3.05) is 10.6 Å². The molecule has 0 saturated carbocycles. The number of carbonyl (C=O) groups excluding carboxylic acids is 2. The maximum Gasteiger partial charge on any atom is 0.412 e. The zero-order valence-electron chi connectivity index (χ0n) is 11.7. The molecule has 0 aliphatic carbocycles. The van der Waals surface area contributed by atoms with Crippen molar-refractivity contribution in [2.45, 2.75) is 32.8 Å². The molecule has 0 saturated heterocycles. The highest BCUT2D eigenvalue weighted by atomic mass is 16.6. The van der Waals surface area contributed by atoms with Crippen LogP contribution in [-0.4, -0.2) is 17.6 Å². The molecule has 0 aliphatic rings. The third-order valence-corrected chi connectivity index (χ3v) is 2.05. The van der Waals surface area contributed by atoms with E-state index >= 15 is 0 Å². The van der Waals surface area contributed by atoms with Crippen LogP contribution in [0.15, 0.2) is 24.3 Å². The zero-order chi connectivity index (χ0) is 15.2. The summed E-state index contributed by atoms with van der Waals surface area (Å²) in [6.07, 6.45) is -0.739. The summed E-state index contributed by atoms with van der Waals surface area (Å²) >= 11 is 0. The number of nitrogens with one attached hydrogen (secondary N) is 2. The van der Waals surface area contributed by atoms with E-state index < -0.39 is 11.7 Å². The van der Waals surface area contributed by atoms with Crippen LogP contribution in [0.3, 0.4) is 0 Å². The average molecular weight is 275 g/mol. The van der Waals surface area contributed by atoms with E-state index in [4.69, 9.17) is 10.00 Å². The number of rotatable bonds is 3. The van der Waals surface area contributed by atoms with Crippen LogP contribution in [0, 0.1) is 11.3 Å². The van der Waals surface area contributed by atoms with Gasteiger partial charge in [0.2, 0.25) is 5.91 Å². The molecule has 2 amide bonds. The minimum Gasteiger partial charge on any atom is -0.444 e. The molecule has 0 fully saturated rings. The monoisotopic (exact) mass is 275 g/mol. The summed E-state index contributed by atoms with van der Waals surface area (Å²) in [5, 5.41) is 13.5. The van der Waals surface area contributed by atoms with E-state index in [1.165, 1.54) is 0 Å². The summed E-state index contributed by atoms with van der Waals surface area (Å²) in [5.41, 5.74) is 0.549. The number of ether oxygens (including phenoxy) is 1. The van der Waals surface area contributed by atoms with Gasteiger partial charge in [-0.1, -0.05) is 0 Å². The van der Waals surface area contributed by atoms with Gasteiger partial charge < -0.3 is 10.1 Å². The molecule has 1 aromatic carbocycles. The topological polar surface area (TPSA) is 91.2 Å². The van der Waals surface area contributed by atoms with E-state index in [1.54, 1.807) is 51.1 Å². The Balaban J connectivity index is 2.57. The summed E-state index contributed by atoms with van der Waals surface area (Å²) in [7, 11) is 0. The van der Waals surface area contributed by atoms with Crippen molar-refractivity contribution in [1.82, 2.24) is 0 Å². The number of hydrogen-bond acceptors (Lipinski definition) is 4. The van der Waals surface area contributed by atoms with Crippen LogP contribution in [0.2, 0.25) is 0 Å². The lowest BCUT2D eigenvalue weighted by atomic mass is 10.2. The highest BCUT2D eigenvalue weighted by Crippen LogP contribution is 2.15. The molecule has 1 rings (SSSR count). The van der Waals surface area contributed by atoms with Crippen molar-refractivity contribution < 1.29 is 14.3 Å². The van der Waals surface area contributed by atoms with Gasteiger partial charge in [0.15, 0.2) is 0 Å². The van der Waals surface area contributed by atoms with E-state index in [0.717, 1.165) is 0 Å². The molecule has 0 radical (unpaired) electrons. The molecular formula is C14H17N3O3. The third kappa shape index (κ3) is 5.87. The standard InChI is InChI=1S/C14H17N3O3/c1-14(2,3)20-13(19)17-11-6-4-10(5-7-11)16-12(18)8-9-15/h4-7H,8H2,1-3H3,(H,16,18)(H,17,19). The molecule has 0 bridgehead atoms. The molecule has 0 heterocycles. The Morgan fingerprint density at radius 1 is 1.15 bits per heavy atom. The Morgan fingerprint density at radius 3 is 2.10 bits per heavy atom. The molecule has 6 heteroatoms. The Morgan fingerprint density at radius 2 is 1.65 bits per heavy atom. The van der Waals surface area contributed by atoms with E-state index in [1.807, 2.05) is 0 Å². The maximum atomic E-state index is 11.5. The average Bonchev–Trinajstić information content (AvgIpc) is 2.29. The van der Waals surface area contributed by atoms with Crippen molar-refractivity contribution in [1.29, 1.82) is 5.26 Å². The second kappa shape index (κ2) is 6.57. The SMILES string of the molecule is CC(C)(C)OC(=O)Nc1ccc(NC(=O)CC#N)cc1. The number of amides is 2. The van der Waals surface area contributed by atoms with Crippen molar-refractivity contribution in [3.05, 3.63) is 24.3 Å². The first-order chi connectivity index (χ1) is 9.30. The van der Waals surface area contributed by atoms with Crippen LogP contribution >= 0.6 is 0 Å². The molecule has 2 N–H and O–H groups in total. The minimum absolute atomic E-state index is 0.197. The van der Waals surface area contributed by atoms with E-state index in [2.05, 4.69) is 10.6 Å². The molecule has 0 atom stereocenters. The first kappa shape index (κ1) is 15.5. The van der Waals surface area contributed by atoms with Crippen LogP contribution in [0.1, 0.15) is 27.2 Å². The van der Waals surface area contributed by atoms with Crippen LogP contribution < -0.4 is 10.6 Å². The van der Waals surface area contributed by atoms with Gasteiger partial charge in [0.05, 0.1) is 6.07 Å². The molecule has 20 heavy (non-hydrogen) atoms. The summed E-state index contributed by atoms with van der Waals surface area (Å²) in [5.74, 6) is -0.375. The highest BCUT2D eigenvalue weighted by Gasteiger charge is 2.16. The first-order valence-corrected chi connectivity index (χ1v) is 6.07. The Kier molecular flexibility index (Phi) is 5.09. The van der Waals surface area contributed by atoms with E-state index in [0.29, 0.717) is 11.4 Å². The van der Waals surface area contributed by atoms with Crippen LogP contribution in [-0.2, 0) is 9.53 Å². The summed E-state index contributed by atoms with van der Waals surface area (Å²) in [4.78, 5) is 22.7. The Labute approximate surface area is 117 Å². The summed E-state index contributed by atoms with van der Waals surface area (Å²) in [6.45, 7) is 5.33. The fourth-order valence-corrected chi connectivity index (χ4v) is 1.34. The van der Waals surface area contributed by atoms with Gasteiger partial charge in [0, 0.05) is 11.4 Å². The van der Waals surface area contributed by atoms with Crippen molar-refractivity contribution >= 4 is 23.4 Å². The largest absolute Gasteiger partial charge is 0.444 e. The van der Waals surface area contributed by atoms with E-state index in [9.17, 15) is 9.59 Å². The van der Waals surface area contributed by atoms with Gasteiger partial charge >= 0.3 is 6.09 Å². The first-order valence-electron chi connectivity index (χ1n) is 6.07. The molecule has 6 nitrogen and oxygen atoms in total. The van der Waals surface area contributed by atoms with E-state index in [-0.39, 0.29) is 12.3 Å². The molecule has 0 aromatic heterocycles. The lowest BCUT2D eigenvalue weighted by Crippen LogP contribution is -2.27. The normalized spacial score (nSPS) is 10.3. The Hall–Kier alpha value is -2.55. The van der Waals surface area contributed by atoms with Crippen LogP contribution in [0.5, 0.6) is 0 Å². The van der Waals surface area contributed by atoms with Gasteiger partial charge in [-0.2, -0.15) is 5.26 Å². The number of nitrogens with zero attached hydrogens (tertiary/aromatic N) is 1. The summed E-state index contributed by atoms with van der Waals surface area (Å²) < 4.78 is 5.11. The fourth-order valence-electron chi connectivity index (χ4n) is 1.34. The molecule has 0 spiro atoms. The van der Waals surface area contributed by atoms with Crippen LogP contribution in [0.25, 0.3) is 0 Å². The third-order valence-electron chi connectivity index (χ3n) is 2.05. The van der Waals surface area contributed by atoms with Gasteiger partial charge in [0.1, 0.15) is 12.0 Å². The fraction of sp³-hybridized carbons (Fsp3) is 0.357. The highest BCUT2D eigenvalue weighted by molar-refractivity contribution is 5.92. The predicted octanol–water partition coefficient (Wildman–Crippen LogP) is 2.89.